The minimum Gasteiger partial charge on any atom is -0.327 e. The maximum Gasteiger partial charge on any atom is 0.281 e. The van der Waals surface area contributed by atoms with Crippen molar-refractivity contribution in [3.63, 3.8) is 0 Å². The van der Waals surface area contributed by atoms with Gasteiger partial charge in [-0.1, -0.05) is 13.8 Å². The van der Waals surface area contributed by atoms with E-state index in [-0.39, 0.29) is 16.7 Å². The number of hydrogen-bond donors (Lipinski definition) is 1. The van der Waals surface area contributed by atoms with Gasteiger partial charge in [-0.3, -0.25) is 15.1 Å². The van der Waals surface area contributed by atoms with E-state index in [1.54, 1.807) is 24.4 Å². The van der Waals surface area contributed by atoms with Gasteiger partial charge in [-0.05, 0) is 43.0 Å². The van der Waals surface area contributed by atoms with E-state index in [1.165, 1.54) is 0 Å². The van der Waals surface area contributed by atoms with E-state index in [2.05, 4.69) is 18.8 Å². The van der Waals surface area contributed by atoms with Crippen LogP contribution in [0.1, 0.15) is 25.8 Å². The van der Waals surface area contributed by atoms with Crippen LogP contribution in [0.5, 0.6) is 0 Å². The summed E-state index contributed by atoms with van der Waals surface area (Å²) in [5, 5.41) is 12.0. The van der Waals surface area contributed by atoms with E-state index in [0.717, 1.165) is 6.42 Å². The van der Waals surface area contributed by atoms with Crippen molar-refractivity contribution in [1.82, 2.24) is 4.98 Å². The summed E-state index contributed by atoms with van der Waals surface area (Å²) in [5.74, 6) is 0.478. The molecule has 0 radical (unpaired) electrons. The Morgan fingerprint density at radius 1 is 1.35 bits per heavy atom. The molecule has 1 atom stereocenters. The topological polar surface area (TPSA) is 82.0 Å². The maximum absolute atomic E-state index is 11.4. The summed E-state index contributed by atoms with van der Waals surface area (Å²) in [6, 6.07) is 6.97. The zero-order chi connectivity index (χ0) is 14.7. The standard InChI is InChI=1S/C15H19N3O2/c1-10(2)8-12(16)9-11-5-6-14-13(4-3-7-17-14)15(11)18(19)20/h3-7,10,12H,8-9,16H2,1-2H3. The SMILES string of the molecule is CC(C)CC(N)Cc1ccc2ncccc2c1[N+](=O)[O-]. The highest BCUT2D eigenvalue weighted by atomic mass is 16.6. The number of aromatic nitrogens is 1. The Labute approximate surface area is 118 Å². The second-order valence-electron chi connectivity index (χ2n) is 5.49. The molecule has 1 unspecified atom stereocenters. The number of fused-ring (bicyclic) bond motifs is 1. The van der Waals surface area contributed by atoms with E-state index < -0.39 is 0 Å². The minimum atomic E-state index is -0.332. The number of pyridine rings is 1. The first-order chi connectivity index (χ1) is 9.49. The molecule has 0 aliphatic carbocycles. The Morgan fingerprint density at radius 3 is 2.75 bits per heavy atom. The lowest BCUT2D eigenvalue weighted by Crippen LogP contribution is -2.25. The smallest absolute Gasteiger partial charge is 0.281 e. The van der Waals surface area contributed by atoms with Gasteiger partial charge in [0, 0.05) is 17.8 Å². The van der Waals surface area contributed by atoms with E-state index in [1.807, 2.05) is 6.07 Å². The summed E-state index contributed by atoms with van der Waals surface area (Å²) >= 11 is 0. The molecule has 0 spiro atoms. The third-order valence-electron chi connectivity index (χ3n) is 3.28. The average molecular weight is 273 g/mol. The molecule has 2 N–H and O–H groups in total. The van der Waals surface area contributed by atoms with Crippen molar-refractivity contribution < 1.29 is 4.92 Å². The van der Waals surface area contributed by atoms with Gasteiger partial charge in [0.15, 0.2) is 0 Å². The second-order valence-corrected chi connectivity index (χ2v) is 5.49. The Balaban J connectivity index is 2.42. The molecule has 5 nitrogen and oxygen atoms in total. The van der Waals surface area contributed by atoms with Crippen LogP contribution in [0.25, 0.3) is 10.9 Å². The van der Waals surface area contributed by atoms with Gasteiger partial charge in [0.2, 0.25) is 0 Å². The summed E-state index contributed by atoms with van der Waals surface area (Å²) in [7, 11) is 0. The summed E-state index contributed by atoms with van der Waals surface area (Å²) in [6.07, 6.45) is 3.00. The zero-order valence-electron chi connectivity index (χ0n) is 11.7. The van der Waals surface area contributed by atoms with E-state index in [0.29, 0.717) is 28.8 Å². The quantitative estimate of drug-likeness (QED) is 0.670. The van der Waals surface area contributed by atoms with Crippen LogP contribution in [0, 0.1) is 16.0 Å². The fourth-order valence-corrected chi connectivity index (χ4v) is 2.53. The molecular weight excluding hydrogens is 254 g/mol. The van der Waals surface area contributed by atoms with Crippen molar-refractivity contribution in [3.8, 4) is 0 Å². The van der Waals surface area contributed by atoms with Crippen molar-refractivity contribution in [3.05, 3.63) is 46.1 Å². The van der Waals surface area contributed by atoms with Gasteiger partial charge in [-0.15, -0.1) is 0 Å². The Hall–Kier alpha value is -2.01. The summed E-state index contributed by atoms with van der Waals surface area (Å²) in [4.78, 5) is 15.2. The predicted molar refractivity (Wildman–Crippen MR) is 79.5 cm³/mol. The molecule has 1 aromatic carbocycles. The third kappa shape index (κ3) is 3.11. The molecule has 20 heavy (non-hydrogen) atoms. The third-order valence-corrected chi connectivity index (χ3v) is 3.28. The van der Waals surface area contributed by atoms with Crippen LogP contribution in [-0.4, -0.2) is 15.9 Å². The lowest BCUT2D eigenvalue weighted by molar-refractivity contribution is -0.383. The molecule has 5 heteroatoms. The molecule has 2 rings (SSSR count). The van der Waals surface area contributed by atoms with Crippen LogP contribution in [0.3, 0.4) is 0 Å². The normalized spacial score (nSPS) is 12.8. The molecule has 0 bridgehead atoms. The summed E-state index contributed by atoms with van der Waals surface area (Å²) in [6.45, 7) is 4.19. The van der Waals surface area contributed by atoms with Crippen LogP contribution in [-0.2, 0) is 6.42 Å². The fourth-order valence-electron chi connectivity index (χ4n) is 2.53. The number of nitrogens with zero attached hydrogens (tertiary/aromatic N) is 2. The van der Waals surface area contributed by atoms with Crippen LogP contribution in [0.2, 0.25) is 0 Å². The highest BCUT2D eigenvalue weighted by Gasteiger charge is 2.20. The average Bonchev–Trinajstić information content (AvgIpc) is 2.36. The molecule has 0 saturated carbocycles. The Bertz CT molecular complexity index is 626. The van der Waals surface area contributed by atoms with Gasteiger partial charge in [0.1, 0.15) is 0 Å². The monoisotopic (exact) mass is 273 g/mol. The molecule has 0 aliphatic rings. The largest absolute Gasteiger partial charge is 0.327 e. The van der Waals surface area contributed by atoms with Crippen molar-refractivity contribution in [2.24, 2.45) is 11.7 Å². The first-order valence-corrected chi connectivity index (χ1v) is 6.75. The Kier molecular flexibility index (Phi) is 4.29. The van der Waals surface area contributed by atoms with Crippen LogP contribution < -0.4 is 5.73 Å². The van der Waals surface area contributed by atoms with Crippen LogP contribution in [0.15, 0.2) is 30.5 Å². The number of nitrogens with two attached hydrogens (primary N) is 1. The van der Waals surface area contributed by atoms with E-state index >= 15 is 0 Å². The molecular formula is C15H19N3O2. The molecule has 0 amide bonds. The number of nitro groups is 1. The number of hydrogen-bond acceptors (Lipinski definition) is 4. The lowest BCUT2D eigenvalue weighted by Gasteiger charge is -2.14. The predicted octanol–water partition coefficient (Wildman–Crippen LogP) is 3.06. The number of nitro benzene ring substituents is 1. The number of benzene rings is 1. The van der Waals surface area contributed by atoms with Gasteiger partial charge in [0.25, 0.3) is 5.69 Å². The molecule has 0 aliphatic heterocycles. The molecule has 2 aromatic rings. The van der Waals surface area contributed by atoms with Crippen LogP contribution in [0.4, 0.5) is 5.69 Å². The van der Waals surface area contributed by atoms with Crippen molar-refractivity contribution in [2.45, 2.75) is 32.7 Å². The van der Waals surface area contributed by atoms with Crippen molar-refractivity contribution in [1.29, 1.82) is 0 Å². The van der Waals surface area contributed by atoms with Crippen LogP contribution >= 0.6 is 0 Å². The zero-order valence-corrected chi connectivity index (χ0v) is 11.7. The molecule has 1 aromatic heterocycles. The molecule has 106 valence electrons. The number of rotatable bonds is 5. The van der Waals surface area contributed by atoms with Gasteiger partial charge < -0.3 is 5.73 Å². The van der Waals surface area contributed by atoms with Gasteiger partial charge in [0.05, 0.1) is 15.8 Å². The first kappa shape index (κ1) is 14.4. The minimum absolute atomic E-state index is 0.0668. The summed E-state index contributed by atoms with van der Waals surface area (Å²) < 4.78 is 0. The Morgan fingerprint density at radius 2 is 2.10 bits per heavy atom. The van der Waals surface area contributed by atoms with E-state index in [4.69, 9.17) is 5.73 Å². The van der Waals surface area contributed by atoms with E-state index in [9.17, 15) is 10.1 Å². The molecule has 0 saturated heterocycles. The highest BCUT2D eigenvalue weighted by Crippen LogP contribution is 2.29. The summed E-state index contributed by atoms with van der Waals surface area (Å²) in [5.41, 5.74) is 7.54. The van der Waals surface area contributed by atoms with Gasteiger partial charge >= 0.3 is 0 Å². The fraction of sp³-hybridized carbons (Fsp3) is 0.400. The highest BCUT2D eigenvalue weighted by molar-refractivity contribution is 5.89. The van der Waals surface area contributed by atoms with Gasteiger partial charge in [-0.25, -0.2) is 0 Å². The maximum atomic E-state index is 11.4. The molecule has 1 heterocycles. The lowest BCUT2D eigenvalue weighted by atomic mass is 9.96. The first-order valence-electron chi connectivity index (χ1n) is 6.75. The van der Waals surface area contributed by atoms with Crippen molar-refractivity contribution >= 4 is 16.6 Å². The second kappa shape index (κ2) is 5.96. The molecule has 0 fully saturated rings. The van der Waals surface area contributed by atoms with Gasteiger partial charge in [-0.2, -0.15) is 0 Å². The van der Waals surface area contributed by atoms with Crippen molar-refractivity contribution in [2.75, 3.05) is 0 Å².